The van der Waals surface area contributed by atoms with Gasteiger partial charge in [0.2, 0.25) is 0 Å². The SMILES string of the molecule is CCCC1(c2ccccc2)NC(=O)N(CC(O)C(C)O)C1=O. The number of hydrogen-bond donors (Lipinski definition) is 3. The van der Waals surface area contributed by atoms with Crippen LogP contribution in [-0.4, -0.2) is 45.8 Å². The molecule has 0 spiro atoms. The smallest absolute Gasteiger partial charge is 0.325 e. The number of amides is 3. The highest BCUT2D eigenvalue weighted by molar-refractivity contribution is 6.07. The van der Waals surface area contributed by atoms with Gasteiger partial charge in [-0.25, -0.2) is 4.79 Å². The lowest BCUT2D eigenvalue weighted by atomic mass is 9.85. The van der Waals surface area contributed by atoms with Crippen LogP contribution in [0.5, 0.6) is 0 Å². The third-order valence-corrected chi connectivity index (χ3v) is 3.99. The summed E-state index contributed by atoms with van der Waals surface area (Å²) in [7, 11) is 0. The number of carbonyl (C=O) groups is 2. The summed E-state index contributed by atoms with van der Waals surface area (Å²) in [5.41, 5.74) is -0.366. The van der Waals surface area contributed by atoms with Gasteiger partial charge in [-0.15, -0.1) is 0 Å². The van der Waals surface area contributed by atoms with E-state index in [1.807, 2.05) is 37.3 Å². The number of imide groups is 1. The van der Waals surface area contributed by atoms with Gasteiger partial charge in [0.25, 0.3) is 5.91 Å². The largest absolute Gasteiger partial charge is 0.391 e. The number of rotatable bonds is 6. The van der Waals surface area contributed by atoms with Crippen molar-refractivity contribution in [3.8, 4) is 0 Å². The maximum atomic E-state index is 12.8. The zero-order chi connectivity index (χ0) is 16.3. The van der Waals surface area contributed by atoms with Crippen LogP contribution in [0.3, 0.4) is 0 Å². The summed E-state index contributed by atoms with van der Waals surface area (Å²) in [6.45, 7) is 3.14. The number of nitrogens with one attached hydrogen (secondary N) is 1. The van der Waals surface area contributed by atoms with E-state index < -0.39 is 23.8 Å². The molecule has 0 saturated carbocycles. The molecule has 0 aromatic heterocycles. The maximum Gasteiger partial charge on any atom is 0.325 e. The molecule has 3 unspecified atom stereocenters. The number of β-amino-alcohol motifs (C(OH)–C–C–N with tert-alkyl or cyclic N) is 1. The van der Waals surface area contributed by atoms with Gasteiger partial charge < -0.3 is 15.5 Å². The van der Waals surface area contributed by atoms with Crippen molar-refractivity contribution in [2.45, 2.75) is 44.4 Å². The Balaban J connectivity index is 2.34. The second-order valence-corrected chi connectivity index (χ2v) is 5.68. The third-order valence-electron chi connectivity index (χ3n) is 3.99. The van der Waals surface area contributed by atoms with Crippen LogP contribution in [0.4, 0.5) is 4.79 Å². The van der Waals surface area contributed by atoms with Crippen LogP contribution in [0.15, 0.2) is 30.3 Å². The van der Waals surface area contributed by atoms with Gasteiger partial charge in [-0.2, -0.15) is 0 Å². The average Bonchev–Trinajstić information content (AvgIpc) is 2.73. The first-order valence-electron chi connectivity index (χ1n) is 7.48. The molecule has 6 nitrogen and oxygen atoms in total. The molecule has 1 aliphatic heterocycles. The number of carbonyl (C=O) groups excluding carboxylic acids is 2. The molecule has 22 heavy (non-hydrogen) atoms. The van der Waals surface area contributed by atoms with E-state index >= 15 is 0 Å². The van der Waals surface area contributed by atoms with Crippen LogP contribution >= 0.6 is 0 Å². The number of urea groups is 1. The van der Waals surface area contributed by atoms with Crippen molar-refractivity contribution >= 4 is 11.9 Å². The Bertz CT molecular complexity index is 546. The van der Waals surface area contributed by atoms with E-state index in [1.54, 1.807) is 0 Å². The van der Waals surface area contributed by atoms with E-state index in [2.05, 4.69) is 5.32 Å². The highest BCUT2D eigenvalue weighted by Crippen LogP contribution is 2.33. The summed E-state index contributed by atoms with van der Waals surface area (Å²) in [6.07, 6.45) is -0.988. The lowest BCUT2D eigenvalue weighted by molar-refractivity contribution is -0.133. The molecular formula is C16H22N2O4. The fourth-order valence-electron chi connectivity index (χ4n) is 2.74. The first-order valence-corrected chi connectivity index (χ1v) is 7.48. The number of aliphatic hydroxyl groups is 2. The minimum absolute atomic E-state index is 0.222. The van der Waals surface area contributed by atoms with Crippen LogP contribution in [0.25, 0.3) is 0 Å². The lowest BCUT2D eigenvalue weighted by Crippen LogP contribution is -2.45. The molecule has 1 saturated heterocycles. The summed E-state index contributed by atoms with van der Waals surface area (Å²) in [4.78, 5) is 26.0. The van der Waals surface area contributed by atoms with Gasteiger partial charge in [0.05, 0.1) is 18.8 Å². The standard InChI is InChI=1S/C16H22N2O4/c1-3-9-16(12-7-5-4-6-8-12)14(21)18(15(22)17-16)10-13(20)11(2)19/h4-8,11,13,19-20H,3,9-10H2,1-2H3,(H,17,22). The summed E-state index contributed by atoms with van der Waals surface area (Å²) >= 11 is 0. The van der Waals surface area contributed by atoms with Gasteiger partial charge in [0, 0.05) is 0 Å². The van der Waals surface area contributed by atoms with E-state index in [0.717, 1.165) is 10.5 Å². The van der Waals surface area contributed by atoms with Crippen LogP contribution in [0.2, 0.25) is 0 Å². The van der Waals surface area contributed by atoms with Gasteiger partial charge in [0.1, 0.15) is 5.54 Å². The van der Waals surface area contributed by atoms with Gasteiger partial charge in [-0.05, 0) is 18.9 Å². The predicted molar refractivity (Wildman–Crippen MR) is 81.0 cm³/mol. The number of hydrogen-bond acceptors (Lipinski definition) is 4. The highest BCUT2D eigenvalue weighted by atomic mass is 16.3. The summed E-state index contributed by atoms with van der Waals surface area (Å²) < 4.78 is 0. The quantitative estimate of drug-likeness (QED) is 0.683. The average molecular weight is 306 g/mol. The summed E-state index contributed by atoms with van der Waals surface area (Å²) in [5.74, 6) is -0.384. The first-order chi connectivity index (χ1) is 10.4. The number of nitrogens with zero attached hydrogens (tertiary/aromatic N) is 1. The second-order valence-electron chi connectivity index (χ2n) is 5.68. The lowest BCUT2D eigenvalue weighted by Gasteiger charge is -2.27. The number of benzene rings is 1. The van der Waals surface area contributed by atoms with Crippen molar-refractivity contribution < 1.29 is 19.8 Å². The predicted octanol–water partition coefficient (Wildman–Crippen LogP) is 0.975. The molecule has 3 amide bonds. The molecule has 0 radical (unpaired) electrons. The zero-order valence-corrected chi connectivity index (χ0v) is 12.8. The Morgan fingerprint density at radius 1 is 1.23 bits per heavy atom. The normalized spacial score (nSPS) is 24.3. The van der Waals surface area contributed by atoms with Gasteiger partial charge in [-0.1, -0.05) is 43.7 Å². The molecule has 1 heterocycles. The maximum absolute atomic E-state index is 12.8. The third kappa shape index (κ3) is 2.84. The van der Waals surface area contributed by atoms with E-state index in [0.29, 0.717) is 12.8 Å². The molecule has 2 rings (SSSR count). The molecule has 0 aliphatic carbocycles. The minimum Gasteiger partial charge on any atom is -0.391 e. The molecule has 1 aliphatic rings. The van der Waals surface area contributed by atoms with Crippen LogP contribution < -0.4 is 5.32 Å². The molecule has 1 fully saturated rings. The minimum atomic E-state index is -1.16. The molecule has 1 aromatic rings. The van der Waals surface area contributed by atoms with Crippen molar-refractivity contribution in [2.75, 3.05) is 6.54 Å². The molecule has 120 valence electrons. The molecule has 3 N–H and O–H groups in total. The van der Waals surface area contributed by atoms with Gasteiger partial charge in [0.15, 0.2) is 0 Å². The zero-order valence-electron chi connectivity index (χ0n) is 12.8. The first kappa shape index (κ1) is 16.5. The molecular weight excluding hydrogens is 284 g/mol. The van der Waals surface area contributed by atoms with E-state index in [-0.39, 0.29) is 12.5 Å². The Morgan fingerprint density at radius 2 is 1.86 bits per heavy atom. The van der Waals surface area contributed by atoms with Crippen LogP contribution in [-0.2, 0) is 10.3 Å². The fourth-order valence-corrected chi connectivity index (χ4v) is 2.74. The Hall–Kier alpha value is -1.92. The fraction of sp³-hybridized carbons (Fsp3) is 0.500. The van der Waals surface area contributed by atoms with E-state index in [4.69, 9.17) is 0 Å². The van der Waals surface area contributed by atoms with Gasteiger partial charge in [-0.3, -0.25) is 9.69 Å². The van der Waals surface area contributed by atoms with Crippen molar-refractivity contribution in [3.05, 3.63) is 35.9 Å². The molecule has 3 atom stereocenters. The van der Waals surface area contributed by atoms with Crippen molar-refractivity contribution in [2.24, 2.45) is 0 Å². The van der Waals surface area contributed by atoms with E-state index in [9.17, 15) is 19.8 Å². The van der Waals surface area contributed by atoms with Gasteiger partial charge >= 0.3 is 6.03 Å². The van der Waals surface area contributed by atoms with E-state index in [1.165, 1.54) is 6.92 Å². The Morgan fingerprint density at radius 3 is 2.41 bits per heavy atom. The highest BCUT2D eigenvalue weighted by Gasteiger charge is 2.52. The monoisotopic (exact) mass is 306 g/mol. The second kappa shape index (κ2) is 6.46. The molecule has 0 bridgehead atoms. The van der Waals surface area contributed by atoms with Crippen molar-refractivity contribution in [3.63, 3.8) is 0 Å². The summed E-state index contributed by atoms with van der Waals surface area (Å²) in [6, 6.07) is 8.56. The van der Waals surface area contributed by atoms with Crippen molar-refractivity contribution in [1.82, 2.24) is 10.2 Å². The van der Waals surface area contributed by atoms with Crippen LogP contribution in [0.1, 0.15) is 32.3 Å². The Labute approximate surface area is 129 Å². The van der Waals surface area contributed by atoms with Crippen molar-refractivity contribution in [1.29, 1.82) is 0 Å². The molecule has 6 heteroatoms. The number of aliphatic hydroxyl groups excluding tert-OH is 2. The Kier molecular flexibility index (Phi) is 4.83. The molecule has 1 aromatic carbocycles. The van der Waals surface area contributed by atoms with Crippen LogP contribution in [0, 0.1) is 0 Å². The summed E-state index contributed by atoms with van der Waals surface area (Å²) in [5, 5.41) is 21.9. The topological polar surface area (TPSA) is 89.9 Å².